The van der Waals surface area contributed by atoms with Gasteiger partial charge in [-0.1, -0.05) is 34.8 Å². The van der Waals surface area contributed by atoms with Crippen molar-refractivity contribution < 1.29 is 0 Å². The van der Waals surface area contributed by atoms with Crippen LogP contribution in [0.5, 0.6) is 0 Å². The number of nitrogens with zero attached hydrogens (tertiary/aromatic N) is 2. The molecule has 0 aliphatic carbocycles. The molecule has 0 fully saturated rings. The van der Waals surface area contributed by atoms with Crippen molar-refractivity contribution in [2.45, 2.75) is 20.8 Å². The quantitative estimate of drug-likeness (QED) is 0.783. The standard InChI is InChI=1S/C13H12Cl3N3/c1-6-4-10(15)11(5-9(6)14)19-13-7(2)12(16)17-8(3)18-13/h4-5H,1-3H3,(H,17,18,19). The van der Waals surface area contributed by atoms with Gasteiger partial charge in [-0.15, -0.1) is 0 Å². The van der Waals surface area contributed by atoms with E-state index in [9.17, 15) is 0 Å². The Balaban J connectivity index is 2.44. The molecule has 0 unspecified atom stereocenters. The number of aryl methyl sites for hydroxylation is 2. The normalized spacial score (nSPS) is 10.6. The molecule has 0 spiro atoms. The summed E-state index contributed by atoms with van der Waals surface area (Å²) >= 11 is 18.3. The maximum absolute atomic E-state index is 6.19. The minimum atomic E-state index is 0.421. The summed E-state index contributed by atoms with van der Waals surface area (Å²) < 4.78 is 0. The van der Waals surface area contributed by atoms with E-state index in [0.29, 0.717) is 32.5 Å². The highest BCUT2D eigenvalue weighted by Crippen LogP contribution is 2.32. The number of benzene rings is 1. The molecule has 2 rings (SSSR count). The highest BCUT2D eigenvalue weighted by atomic mass is 35.5. The molecule has 0 amide bonds. The molecular formula is C13H12Cl3N3. The molecule has 1 aromatic heterocycles. The van der Waals surface area contributed by atoms with Crippen LogP contribution in [0.2, 0.25) is 15.2 Å². The number of hydrogen-bond acceptors (Lipinski definition) is 3. The number of anilines is 2. The molecule has 100 valence electrons. The smallest absolute Gasteiger partial charge is 0.138 e. The van der Waals surface area contributed by atoms with E-state index in [2.05, 4.69) is 15.3 Å². The third kappa shape index (κ3) is 3.11. The topological polar surface area (TPSA) is 37.8 Å². The minimum absolute atomic E-state index is 0.421. The summed E-state index contributed by atoms with van der Waals surface area (Å²) in [4.78, 5) is 8.40. The van der Waals surface area contributed by atoms with Gasteiger partial charge in [0.05, 0.1) is 10.7 Å². The second-order valence-electron chi connectivity index (χ2n) is 4.24. The zero-order chi connectivity index (χ0) is 14.2. The number of aromatic nitrogens is 2. The van der Waals surface area contributed by atoms with Crippen LogP contribution in [0.15, 0.2) is 12.1 Å². The van der Waals surface area contributed by atoms with E-state index in [-0.39, 0.29) is 0 Å². The molecule has 0 radical (unpaired) electrons. The molecule has 2 aromatic rings. The molecule has 0 bridgehead atoms. The van der Waals surface area contributed by atoms with Crippen molar-refractivity contribution in [3.05, 3.63) is 44.3 Å². The Morgan fingerprint density at radius 2 is 1.63 bits per heavy atom. The van der Waals surface area contributed by atoms with Crippen molar-refractivity contribution in [1.29, 1.82) is 0 Å². The minimum Gasteiger partial charge on any atom is -0.339 e. The van der Waals surface area contributed by atoms with Gasteiger partial charge in [0.15, 0.2) is 0 Å². The van der Waals surface area contributed by atoms with Crippen LogP contribution in [-0.2, 0) is 0 Å². The molecule has 1 heterocycles. The van der Waals surface area contributed by atoms with E-state index in [1.54, 1.807) is 19.1 Å². The predicted molar refractivity (Wildman–Crippen MR) is 81.0 cm³/mol. The Bertz CT molecular complexity index is 642. The van der Waals surface area contributed by atoms with Gasteiger partial charge in [-0.3, -0.25) is 0 Å². The number of hydrogen-bond donors (Lipinski definition) is 1. The molecule has 0 aliphatic rings. The molecule has 19 heavy (non-hydrogen) atoms. The fourth-order valence-electron chi connectivity index (χ4n) is 1.59. The van der Waals surface area contributed by atoms with Gasteiger partial charge < -0.3 is 5.32 Å². The van der Waals surface area contributed by atoms with Crippen molar-refractivity contribution in [2.24, 2.45) is 0 Å². The molecule has 6 heteroatoms. The van der Waals surface area contributed by atoms with Gasteiger partial charge in [-0.2, -0.15) is 0 Å². The first-order chi connectivity index (χ1) is 8.88. The summed E-state index contributed by atoms with van der Waals surface area (Å²) in [5.74, 6) is 1.21. The van der Waals surface area contributed by atoms with Gasteiger partial charge in [-0.25, -0.2) is 9.97 Å². The zero-order valence-corrected chi connectivity index (χ0v) is 13.0. The molecule has 3 nitrogen and oxygen atoms in total. The molecular weight excluding hydrogens is 305 g/mol. The lowest BCUT2D eigenvalue weighted by Gasteiger charge is -2.12. The fourth-order valence-corrected chi connectivity index (χ4v) is 2.23. The molecule has 1 aromatic carbocycles. The molecule has 0 saturated carbocycles. The number of rotatable bonds is 2. The van der Waals surface area contributed by atoms with E-state index in [1.165, 1.54) is 0 Å². The second-order valence-corrected chi connectivity index (χ2v) is 5.41. The average Bonchev–Trinajstić information content (AvgIpc) is 2.32. The highest BCUT2D eigenvalue weighted by Gasteiger charge is 2.10. The van der Waals surface area contributed by atoms with Gasteiger partial charge >= 0.3 is 0 Å². The maximum Gasteiger partial charge on any atom is 0.138 e. The van der Waals surface area contributed by atoms with Crippen molar-refractivity contribution in [2.75, 3.05) is 5.32 Å². The van der Waals surface area contributed by atoms with Gasteiger partial charge in [-0.05, 0) is 38.5 Å². The van der Waals surface area contributed by atoms with Crippen LogP contribution in [0.1, 0.15) is 17.0 Å². The van der Waals surface area contributed by atoms with Crippen LogP contribution >= 0.6 is 34.8 Å². The molecule has 0 atom stereocenters. The van der Waals surface area contributed by atoms with Crippen LogP contribution in [-0.4, -0.2) is 9.97 Å². The number of halogens is 3. The monoisotopic (exact) mass is 315 g/mol. The second kappa shape index (κ2) is 5.53. The van der Waals surface area contributed by atoms with Crippen LogP contribution in [0.4, 0.5) is 11.5 Å². The first kappa shape index (κ1) is 14.4. The summed E-state index contributed by atoms with van der Waals surface area (Å²) in [5.41, 5.74) is 2.38. The maximum atomic E-state index is 6.19. The lowest BCUT2D eigenvalue weighted by atomic mass is 10.2. The SMILES string of the molecule is Cc1nc(Cl)c(C)c(Nc2cc(Cl)c(C)cc2Cl)n1. The van der Waals surface area contributed by atoms with Gasteiger partial charge in [0.25, 0.3) is 0 Å². The largest absolute Gasteiger partial charge is 0.339 e. The van der Waals surface area contributed by atoms with E-state index in [1.807, 2.05) is 13.8 Å². The van der Waals surface area contributed by atoms with Crippen molar-refractivity contribution in [1.82, 2.24) is 9.97 Å². The Morgan fingerprint density at radius 1 is 0.947 bits per heavy atom. The number of nitrogens with one attached hydrogen (secondary N) is 1. The Kier molecular flexibility index (Phi) is 4.19. The first-order valence-corrected chi connectivity index (χ1v) is 6.75. The van der Waals surface area contributed by atoms with Gasteiger partial charge in [0.1, 0.15) is 16.8 Å². The zero-order valence-electron chi connectivity index (χ0n) is 10.7. The lowest BCUT2D eigenvalue weighted by Crippen LogP contribution is -2.01. The van der Waals surface area contributed by atoms with Crippen molar-refractivity contribution in [3.63, 3.8) is 0 Å². The summed E-state index contributed by atoms with van der Waals surface area (Å²) in [7, 11) is 0. The average molecular weight is 317 g/mol. The third-order valence-electron chi connectivity index (χ3n) is 2.70. The summed E-state index contributed by atoms with van der Waals surface area (Å²) in [5, 5.41) is 4.78. The van der Waals surface area contributed by atoms with Crippen molar-refractivity contribution >= 4 is 46.3 Å². The van der Waals surface area contributed by atoms with E-state index in [4.69, 9.17) is 34.8 Å². The van der Waals surface area contributed by atoms with Crippen LogP contribution < -0.4 is 5.32 Å². The Hall–Kier alpha value is -1.03. The third-order valence-corrected chi connectivity index (χ3v) is 3.79. The summed E-state index contributed by atoms with van der Waals surface area (Å²) in [6.07, 6.45) is 0. The van der Waals surface area contributed by atoms with Gasteiger partial charge in [0, 0.05) is 10.6 Å². The summed E-state index contributed by atoms with van der Waals surface area (Å²) in [6, 6.07) is 3.57. The van der Waals surface area contributed by atoms with Gasteiger partial charge in [0.2, 0.25) is 0 Å². The van der Waals surface area contributed by atoms with Crippen molar-refractivity contribution in [3.8, 4) is 0 Å². The first-order valence-electron chi connectivity index (χ1n) is 5.62. The van der Waals surface area contributed by atoms with E-state index in [0.717, 1.165) is 11.1 Å². The molecule has 1 N–H and O–H groups in total. The Labute approximate surface area is 126 Å². The van der Waals surface area contributed by atoms with E-state index < -0.39 is 0 Å². The highest BCUT2D eigenvalue weighted by molar-refractivity contribution is 6.36. The van der Waals surface area contributed by atoms with Crippen LogP contribution in [0, 0.1) is 20.8 Å². The van der Waals surface area contributed by atoms with Crippen LogP contribution in [0.25, 0.3) is 0 Å². The van der Waals surface area contributed by atoms with Crippen LogP contribution in [0.3, 0.4) is 0 Å². The molecule has 0 aliphatic heterocycles. The summed E-state index contributed by atoms with van der Waals surface area (Å²) in [6.45, 7) is 5.52. The fraction of sp³-hybridized carbons (Fsp3) is 0.231. The molecule has 0 saturated heterocycles. The Morgan fingerprint density at radius 3 is 2.32 bits per heavy atom. The lowest BCUT2D eigenvalue weighted by molar-refractivity contribution is 1.04. The van der Waals surface area contributed by atoms with E-state index >= 15 is 0 Å². The predicted octanol–water partition coefficient (Wildman–Crippen LogP) is 5.11.